The molecule has 3 rings (SSSR count). The quantitative estimate of drug-likeness (QED) is 0.0710. The highest BCUT2D eigenvalue weighted by Crippen LogP contribution is 2.30. The molecular formula is C45H62Cl2N2O3. The van der Waals surface area contributed by atoms with E-state index in [1.165, 1.54) is 11.1 Å². The van der Waals surface area contributed by atoms with Crippen LogP contribution < -0.4 is 4.74 Å². The summed E-state index contributed by atoms with van der Waals surface area (Å²) < 4.78 is 13.3. The number of methoxy groups -OCH3 is 1. The molecule has 0 aliphatic heterocycles. The normalized spacial score (nSPS) is 12.8. The maximum Gasteiger partial charge on any atom is 0.119 e. The summed E-state index contributed by atoms with van der Waals surface area (Å²) in [7, 11) is 2.73. The van der Waals surface area contributed by atoms with Gasteiger partial charge in [-0.2, -0.15) is 0 Å². The molecule has 1 unspecified atom stereocenters. The molecule has 2 aromatic carbocycles. The Balaban J connectivity index is 0.00000326. The van der Waals surface area contributed by atoms with Crippen LogP contribution in [0.25, 0.3) is 11.3 Å². The summed E-state index contributed by atoms with van der Waals surface area (Å²) in [6.45, 7) is 14.8. The van der Waals surface area contributed by atoms with Gasteiger partial charge in [0, 0.05) is 56.5 Å². The Labute approximate surface area is 325 Å². The van der Waals surface area contributed by atoms with Crippen LogP contribution in [0.15, 0.2) is 121 Å². The van der Waals surface area contributed by atoms with Gasteiger partial charge < -0.3 is 19.1 Å². The Morgan fingerprint density at radius 2 is 1.73 bits per heavy atom. The summed E-state index contributed by atoms with van der Waals surface area (Å²) in [6, 6.07) is 14.0. The molecule has 0 aliphatic carbocycles. The largest absolute Gasteiger partial charge is 0.494 e. The van der Waals surface area contributed by atoms with Crippen molar-refractivity contribution in [1.29, 1.82) is 0 Å². The first-order chi connectivity index (χ1) is 25.4. The lowest BCUT2D eigenvalue weighted by Crippen LogP contribution is -2.05. The molecule has 0 saturated carbocycles. The Kier molecular flexibility index (Phi) is 25.8. The molecule has 0 amide bonds. The average molecular weight is 750 g/mol. The van der Waals surface area contributed by atoms with Gasteiger partial charge in [0.15, 0.2) is 0 Å². The molecule has 1 heterocycles. The summed E-state index contributed by atoms with van der Waals surface area (Å²) in [5.74, 6) is 2.10. The van der Waals surface area contributed by atoms with Crippen LogP contribution in [-0.2, 0) is 17.7 Å². The van der Waals surface area contributed by atoms with Gasteiger partial charge in [-0.05, 0) is 75.4 Å². The molecule has 0 spiro atoms. The second kappa shape index (κ2) is 28.9. The first-order valence-electron chi connectivity index (χ1n) is 18.5. The third-order valence-corrected chi connectivity index (χ3v) is 8.31. The van der Waals surface area contributed by atoms with Crippen molar-refractivity contribution in [2.75, 3.05) is 27.4 Å². The van der Waals surface area contributed by atoms with Gasteiger partial charge in [-0.25, -0.2) is 4.98 Å². The second-order valence-corrected chi connectivity index (χ2v) is 12.6. The van der Waals surface area contributed by atoms with Crippen LogP contribution in [0.4, 0.5) is 0 Å². The van der Waals surface area contributed by atoms with Gasteiger partial charge in [-0.3, -0.25) is 0 Å². The Morgan fingerprint density at radius 1 is 0.981 bits per heavy atom. The molecule has 0 aliphatic rings. The molecular weight excluding hydrogens is 687 g/mol. The lowest BCUT2D eigenvalue weighted by Gasteiger charge is -2.10. The molecule has 0 saturated heterocycles. The van der Waals surface area contributed by atoms with E-state index < -0.39 is 0 Å². The van der Waals surface area contributed by atoms with Crippen molar-refractivity contribution in [2.45, 2.75) is 92.5 Å². The Bertz CT molecular complexity index is 1580. The third-order valence-electron chi connectivity index (χ3n) is 7.76. The Morgan fingerprint density at radius 3 is 2.38 bits per heavy atom. The van der Waals surface area contributed by atoms with Crippen molar-refractivity contribution in [3.05, 3.63) is 142 Å². The maximum atomic E-state index is 7.00. The van der Waals surface area contributed by atoms with E-state index in [9.17, 15) is 0 Å². The van der Waals surface area contributed by atoms with E-state index in [2.05, 4.69) is 123 Å². The van der Waals surface area contributed by atoms with E-state index >= 15 is 0 Å². The zero-order valence-corrected chi connectivity index (χ0v) is 34.3. The predicted molar refractivity (Wildman–Crippen MR) is 226 cm³/mol. The number of allylic oxidation sites excluding steroid dienone is 11. The summed E-state index contributed by atoms with van der Waals surface area (Å²) >= 11 is 12.8. The van der Waals surface area contributed by atoms with E-state index in [0.717, 1.165) is 87.4 Å². The first kappa shape index (κ1) is 46.4. The SMILES string of the molecule is C/C=C\C(C=C/C=C(\C)C=CCc1nc(-c2ccc(Cl)cc2Cl)cn1C/C(=C/CC)C/C=C\CCOC)c1ccc(OCCCC)cc1.CC.CO. The molecule has 5 nitrogen and oxygen atoms in total. The fourth-order valence-electron chi connectivity index (χ4n) is 5.19. The fraction of sp³-hybridized carbons (Fsp3) is 0.400. The molecule has 1 atom stereocenters. The second-order valence-electron chi connectivity index (χ2n) is 11.7. The van der Waals surface area contributed by atoms with Crippen molar-refractivity contribution in [2.24, 2.45) is 0 Å². The lowest BCUT2D eigenvalue weighted by atomic mass is 9.97. The monoisotopic (exact) mass is 748 g/mol. The van der Waals surface area contributed by atoms with Crippen LogP contribution in [0.3, 0.4) is 0 Å². The highest BCUT2D eigenvalue weighted by Gasteiger charge is 2.13. The molecule has 0 bridgehead atoms. The highest BCUT2D eigenvalue weighted by molar-refractivity contribution is 6.36. The Hall–Kier alpha value is -3.61. The zero-order valence-electron chi connectivity index (χ0n) is 32.7. The number of aliphatic hydroxyl groups is 1. The number of ether oxygens (including phenoxy) is 2. The minimum atomic E-state index is 0.193. The number of aromatic nitrogens is 2. The van der Waals surface area contributed by atoms with Gasteiger partial charge in [0.2, 0.25) is 0 Å². The number of hydrogen-bond donors (Lipinski definition) is 1. The van der Waals surface area contributed by atoms with Gasteiger partial charge >= 0.3 is 0 Å². The number of halogens is 2. The fourth-order valence-corrected chi connectivity index (χ4v) is 5.69. The molecule has 0 radical (unpaired) electrons. The van der Waals surface area contributed by atoms with Crippen molar-refractivity contribution in [3.8, 4) is 17.0 Å². The third kappa shape index (κ3) is 17.7. The van der Waals surface area contributed by atoms with Gasteiger partial charge in [0.25, 0.3) is 0 Å². The van der Waals surface area contributed by atoms with Gasteiger partial charge in [-0.1, -0.05) is 141 Å². The van der Waals surface area contributed by atoms with E-state index in [0.29, 0.717) is 16.5 Å². The molecule has 3 aromatic rings. The summed E-state index contributed by atoms with van der Waals surface area (Å²) in [4.78, 5) is 5.04. The van der Waals surface area contributed by atoms with Crippen LogP contribution in [0.5, 0.6) is 5.75 Å². The van der Waals surface area contributed by atoms with Crippen LogP contribution in [0.2, 0.25) is 10.0 Å². The standard InChI is InChI=1S/C42H52Cl2N2O2.C2H6.CH4O/c1-6-9-29-48-38-25-22-36(23-26-38)35(16-8-3)20-13-17-33(4)18-14-21-42-45-41(39-27-24-37(43)30-40(39)44)32-46(42)31-34(15-7-2)19-11-10-12-28-47-5;2*1-2/h8,10-11,13-18,20,22-27,30,32,35H,6-7,9,12,19,21,28-29,31H2,1-5H3;1-2H3;2H,1H3/b11-10-,16-8-,18-14?,20-13?,33-17+,34-15+;;. The molecule has 52 heavy (non-hydrogen) atoms. The molecule has 1 aromatic heterocycles. The van der Waals surface area contributed by atoms with Crippen molar-refractivity contribution >= 4 is 23.2 Å². The van der Waals surface area contributed by atoms with E-state index in [1.807, 2.05) is 26.0 Å². The summed E-state index contributed by atoms with van der Waals surface area (Å²) in [5.41, 5.74) is 5.47. The minimum absolute atomic E-state index is 0.193. The van der Waals surface area contributed by atoms with Gasteiger partial charge in [0.05, 0.1) is 17.3 Å². The number of benzene rings is 2. The van der Waals surface area contributed by atoms with Crippen LogP contribution >= 0.6 is 23.2 Å². The van der Waals surface area contributed by atoms with Crippen LogP contribution in [0, 0.1) is 0 Å². The predicted octanol–water partition coefficient (Wildman–Crippen LogP) is 13.0. The van der Waals surface area contributed by atoms with Crippen LogP contribution in [-0.4, -0.2) is 42.1 Å². The number of nitrogens with zero attached hydrogens (tertiary/aromatic N) is 2. The zero-order chi connectivity index (χ0) is 38.6. The topological polar surface area (TPSA) is 56.5 Å². The van der Waals surface area contributed by atoms with Crippen molar-refractivity contribution < 1.29 is 14.6 Å². The van der Waals surface area contributed by atoms with Gasteiger partial charge in [0.1, 0.15) is 11.6 Å². The molecule has 284 valence electrons. The number of hydrogen-bond acceptors (Lipinski definition) is 4. The van der Waals surface area contributed by atoms with Crippen molar-refractivity contribution in [3.63, 3.8) is 0 Å². The molecule has 1 N–H and O–H groups in total. The number of aliphatic hydroxyl groups excluding tert-OH is 1. The highest BCUT2D eigenvalue weighted by atomic mass is 35.5. The number of unbranched alkanes of at least 4 members (excludes halogenated alkanes) is 1. The minimum Gasteiger partial charge on any atom is -0.494 e. The summed E-state index contributed by atoms with van der Waals surface area (Å²) in [5, 5.41) is 8.20. The van der Waals surface area contributed by atoms with Crippen molar-refractivity contribution in [1.82, 2.24) is 9.55 Å². The summed E-state index contributed by atoms with van der Waals surface area (Å²) in [6.07, 6.45) is 29.7. The lowest BCUT2D eigenvalue weighted by molar-refractivity contribution is 0.204. The van der Waals surface area contributed by atoms with Gasteiger partial charge in [-0.15, -0.1) is 0 Å². The number of rotatable bonds is 20. The maximum absolute atomic E-state index is 7.00. The van der Waals surface area contributed by atoms with E-state index in [-0.39, 0.29) is 5.92 Å². The molecule has 0 fully saturated rings. The first-order valence-corrected chi connectivity index (χ1v) is 19.3. The average Bonchev–Trinajstić information content (AvgIpc) is 3.54. The van der Waals surface area contributed by atoms with E-state index in [4.69, 9.17) is 42.8 Å². The van der Waals surface area contributed by atoms with E-state index in [1.54, 1.807) is 13.2 Å². The molecule has 7 heteroatoms. The van der Waals surface area contributed by atoms with Crippen LogP contribution in [0.1, 0.15) is 91.0 Å². The smallest absolute Gasteiger partial charge is 0.119 e. The number of imidazole rings is 1.